The summed E-state index contributed by atoms with van der Waals surface area (Å²) in [5.41, 5.74) is 6.35. The molecule has 0 atom stereocenters. The summed E-state index contributed by atoms with van der Waals surface area (Å²) in [5, 5.41) is 3.94. The van der Waals surface area contributed by atoms with Crippen molar-refractivity contribution in [2.45, 2.75) is 24.9 Å². The van der Waals surface area contributed by atoms with Gasteiger partial charge < -0.3 is 5.73 Å². The Labute approximate surface area is 123 Å². The van der Waals surface area contributed by atoms with Crippen molar-refractivity contribution >= 4 is 15.8 Å². The molecule has 0 saturated carbocycles. The van der Waals surface area contributed by atoms with E-state index in [0.29, 0.717) is 12.1 Å². The van der Waals surface area contributed by atoms with Gasteiger partial charge >= 0.3 is 0 Å². The van der Waals surface area contributed by atoms with Crippen molar-refractivity contribution in [2.24, 2.45) is 0 Å². The number of rotatable bonds is 5. The molecular formula is C13H17FN4O2S. The maximum absolute atomic E-state index is 12.9. The van der Waals surface area contributed by atoms with E-state index in [0.717, 1.165) is 4.31 Å². The van der Waals surface area contributed by atoms with E-state index in [1.807, 2.05) is 6.92 Å². The Hall–Kier alpha value is -1.93. The van der Waals surface area contributed by atoms with E-state index in [1.54, 1.807) is 12.1 Å². The molecule has 2 N–H and O–H groups in total. The van der Waals surface area contributed by atoms with Crippen LogP contribution in [0, 0.1) is 5.82 Å². The first-order chi connectivity index (χ1) is 9.84. The molecule has 0 spiro atoms. The predicted molar refractivity (Wildman–Crippen MR) is 77.4 cm³/mol. The number of nitrogens with two attached hydrogens (primary N) is 1. The lowest BCUT2D eigenvalue weighted by Crippen LogP contribution is -2.26. The Morgan fingerprint density at radius 3 is 2.48 bits per heavy atom. The number of sulfonamides is 1. The minimum atomic E-state index is -3.74. The van der Waals surface area contributed by atoms with Crippen molar-refractivity contribution in [1.82, 2.24) is 14.1 Å². The van der Waals surface area contributed by atoms with Crippen molar-refractivity contribution in [3.63, 3.8) is 0 Å². The number of hydrogen-bond donors (Lipinski definition) is 1. The van der Waals surface area contributed by atoms with Crippen LogP contribution < -0.4 is 5.73 Å². The zero-order valence-corrected chi connectivity index (χ0v) is 12.6. The van der Waals surface area contributed by atoms with Gasteiger partial charge in [-0.25, -0.2) is 12.8 Å². The quantitative estimate of drug-likeness (QED) is 0.906. The fraction of sp³-hybridized carbons (Fsp3) is 0.308. The van der Waals surface area contributed by atoms with Gasteiger partial charge in [-0.1, -0.05) is 12.1 Å². The van der Waals surface area contributed by atoms with Crippen molar-refractivity contribution in [3.05, 3.63) is 41.8 Å². The van der Waals surface area contributed by atoms with Gasteiger partial charge in [0.15, 0.2) is 5.82 Å². The van der Waals surface area contributed by atoms with Gasteiger partial charge in [-0.2, -0.15) is 9.40 Å². The summed E-state index contributed by atoms with van der Waals surface area (Å²) in [7, 11) is -2.29. The highest BCUT2D eigenvalue weighted by atomic mass is 32.2. The third kappa shape index (κ3) is 3.22. The van der Waals surface area contributed by atoms with Crippen molar-refractivity contribution in [3.8, 4) is 0 Å². The molecule has 21 heavy (non-hydrogen) atoms. The smallest absolute Gasteiger partial charge is 0.248 e. The number of nitrogen functional groups attached to an aromatic ring is 1. The van der Waals surface area contributed by atoms with E-state index in [-0.39, 0.29) is 23.1 Å². The minimum Gasteiger partial charge on any atom is -0.381 e. The number of halogens is 1. The third-order valence-corrected chi connectivity index (χ3v) is 4.91. The maximum atomic E-state index is 12.9. The number of aromatic nitrogens is 2. The van der Waals surface area contributed by atoms with E-state index in [1.165, 1.54) is 30.1 Å². The van der Waals surface area contributed by atoms with Crippen LogP contribution in [-0.2, 0) is 23.1 Å². The van der Waals surface area contributed by atoms with Crippen LogP contribution in [0.2, 0.25) is 0 Å². The largest absolute Gasteiger partial charge is 0.381 e. The van der Waals surface area contributed by atoms with Gasteiger partial charge in [0.1, 0.15) is 10.7 Å². The zero-order chi connectivity index (χ0) is 15.6. The van der Waals surface area contributed by atoms with Gasteiger partial charge in [0.25, 0.3) is 0 Å². The Morgan fingerprint density at radius 2 is 1.95 bits per heavy atom. The van der Waals surface area contributed by atoms with Gasteiger partial charge in [-0.15, -0.1) is 0 Å². The van der Waals surface area contributed by atoms with E-state index in [4.69, 9.17) is 5.73 Å². The van der Waals surface area contributed by atoms with E-state index >= 15 is 0 Å². The van der Waals surface area contributed by atoms with E-state index in [2.05, 4.69) is 5.10 Å². The van der Waals surface area contributed by atoms with Gasteiger partial charge in [0.05, 0.1) is 0 Å². The summed E-state index contributed by atoms with van der Waals surface area (Å²) in [6, 6.07) is 5.67. The van der Waals surface area contributed by atoms with Crippen LogP contribution in [0.15, 0.2) is 35.4 Å². The molecule has 114 valence electrons. The molecule has 0 amide bonds. The molecule has 0 unspecified atom stereocenters. The summed E-state index contributed by atoms with van der Waals surface area (Å²) in [5.74, 6) is -0.388. The van der Waals surface area contributed by atoms with Gasteiger partial charge in [-0.3, -0.25) is 4.68 Å². The lowest BCUT2D eigenvalue weighted by Gasteiger charge is -2.16. The first-order valence-corrected chi connectivity index (χ1v) is 7.82. The van der Waals surface area contributed by atoms with Crippen molar-refractivity contribution in [2.75, 3.05) is 12.8 Å². The van der Waals surface area contributed by atoms with Crippen LogP contribution in [0.25, 0.3) is 0 Å². The molecule has 0 aliphatic rings. The third-order valence-electron chi connectivity index (χ3n) is 3.09. The molecule has 0 bridgehead atoms. The molecule has 2 rings (SSSR count). The van der Waals surface area contributed by atoms with Gasteiger partial charge in [0, 0.05) is 26.3 Å². The molecule has 8 heteroatoms. The normalized spacial score (nSPS) is 12.0. The predicted octanol–water partition coefficient (Wildman–Crippen LogP) is 1.44. The number of benzene rings is 1. The number of hydrogen-bond acceptors (Lipinski definition) is 4. The fourth-order valence-corrected chi connectivity index (χ4v) is 3.09. The van der Waals surface area contributed by atoms with Crippen LogP contribution in [0.3, 0.4) is 0 Å². The van der Waals surface area contributed by atoms with E-state index in [9.17, 15) is 12.8 Å². The van der Waals surface area contributed by atoms with Gasteiger partial charge in [0.2, 0.25) is 10.0 Å². The topological polar surface area (TPSA) is 81.2 Å². The molecule has 0 radical (unpaired) electrons. The molecule has 0 fully saturated rings. The first kappa shape index (κ1) is 15.5. The van der Waals surface area contributed by atoms with Crippen LogP contribution in [-0.4, -0.2) is 29.6 Å². The summed E-state index contributed by atoms with van der Waals surface area (Å²) >= 11 is 0. The summed E-state index contributed by atoms with van der Waals surface area (Å²) in [6.07, 6.45) is 1.41. The molecular weight excluding hydrogens is 295 g/mol. The molecule has 0 aliphatic heterocycles. The van der Waals surface area contributed by atoms with Crippen LogP contribution in [0.4, 0.5) is 10.2 Å². The Bertz CT molecular complexity index is 725. The molecule has 1 aromatic carbocycles. The second-order valence-electron chi connectivity index (χ2n) is 4.62. The summed E-state index contributed by atoms with van der Waals surface area (Å²) in [6.45, 7) is 2.49. The molecule has 0 saturated heterocycles. The molecule has 1 heterocycles. The van der Waals surface area contributed by atoms with Crippen molar-refractivity contribution in [1.29, 1.82) is 0 Å². The van der Waals surface area contributed by atoms with Crippen molar-refractivity contribution < 1.29 is 12.8 Å². The Balaban J connectivity index is 2.25. The Morgan fingerprint density at radius 1 is 1.33 bits per heavy atom. The van der Waals surface area contributed by atoms with Crippen LogP contribution in [0.1, 0.15) is 12.5 Å². The molecule has 1 aromatic heterocycles. The highest BCUT2D eigenvalue weighted by Crippen LogP contribution is 2.21. The van der Waals surface area contributed by atoms with Crippen LogP contribution in [0.5, 0.6) is 0 Å². The second kappa shape index (κ2) is 5.82. The van der Waals surface area contributed by atoms with Gasteiger partial charge in [-0.05, 0) is 24.6 Å². The summed E-state index contributed by atoms with van der Waals surface area (Å²) in [4.78, 5) is -0.0195. The number of anilines is 1. The second-order valence-corrected chi connectivity index (χ2v) is 6.64. The zero-order valence-electron chi connectivity index (χ0n) is 11.8. The Kier molecular flexibility index (Phi) is 4.29. The molecule has 0 aliphatic carbocycles. The highest BCUT2D eigenvalue weighted by Gasteiger charge is 2.26. The average Bonchev–Trinajstić information content (AvgIpc) is 2.83. The monoisotopic (exact) mass is 312 g/mol. The van der Waals surface area contributed by atoms with Crippen LogP contribution >= 0.6 is 0 Å². The lowest BCUT2D eigenvalue weighted by atomic mass is 10.2. The number of aryl methyl sites for hydroxylation is 1. The number of nitrogens with zero attached hydrogens (tertiary/aromatic N) is 3. The fourth-order valence-electron chi connectivity index (χ4n) is 1.88. The maximum Gasteiger partial charge on any atom is 0.248 e. The molecule has 6 nitrogen and oxygen atoms in total. The summed E-state index contributed by atoms with van der Waals surface area (Å²) < 4.78 is 40.4. The first-order valence-electron chi connectivity index (χ1n) is 6.38. The lowest BCUT2D eigenvalue weighted by molar-refractivity contribution is 0.466. The standard InChI is InChI=1S/C13H17FN4O2S/c1-3-18-9-12(13(15)16-18)21(19,20)17(2)8-10-4-6-11(14)7-5-10/h4-7,9H,3,8H2,1-2H3,(H2,15,16). The SMILES string of the molecule is CCn1cc(S(=O)(=O)N(C)Cc2ccc(F)cc2)c(N)n1. The highest BCUT2D eigenvalue weighted by molar-refractivity contribution is 7.89. The minimum absolute atomic E-state index is 0.0195. The average molecular weight is 312 g/mol. The molecule has 2 aromatic rings. The van der Waals surface area contributed by atoms with E-state index < -0.39 is 10.0 Å².